The monoisotopic (exact) mass is 284 g/mol. The molecule has 0 spiro atoms. The van der Waals surface area contributed by atoms with Crippen LogP contribution in [0.25, 0.3) is 11.7 Å². The molecule has 106 valence electrons. The van der Waals surface area contributed by atoms with Crippen LogP contribution in [0.5, 0.6) is 0 Å². The first-order chi connectivity index (χ1) is 10.2. The number of hydrogen-bond donors (Lipinski definition) is 0. The molecular weight excluding hydrogens is 272 g/mol. The Kier molecular flexibility index (Phi) is 3.51. The van der Waals surface area contributed by atoms with Crippen molar-refractivity contribution in [2.45, 2.75) is 13.5 Å². The molecule has 6 heteroatoms. The Balaban J connectivity index is 1.66. The summed E-state index contributed by atoms with van der Waals surface area (Å²) in [5.41, 5.74) is 1.37. The summed E-state index contributed by atoms with van der Waals surface area (Å²) in [6, 6.07) is 10.6. The lowest BCUT2D eigenvalue weighted by Gasteiger charge is -2.04. The van der Waals surface area contributed by atoms with Gasteiger partial charge in [0.25, 0.3) is 11.8 Å². The van der Waals surface area contributed by atoms with Crippen molar-refractivity contribution < 1.29 is 18.4 Å². The maximum atomic E-state index is 11.9. The van der Waals surface area contributed by atoms with E-state index in [1.165, 1.54) is 6.26 Å². The molecule has 6 nitrogen and oxygen atoms in total. The Morgan fingerprint density at radius 3 is 2.81 bits per heavy atom. The number of aromatic nitrogens is 2. The van der Waals surface area contributed by atoms with Crippen molar-refractivity contribution in [3.8, 4) is 11.7 Å². The zero-order chi connectivity index (χ0) is 14.7. The van der Waals surface area contributed by atoms with Crippen LogP contribution in [-0.4, -0.2) is 16.2 Å². The van der Waals surface area contributed by atoms with Crippen LogP contribution in [0.4, 0.5) is 0 Å². The highest BCUT2D eigenvalue weighted by molar-refractivity contribution is 5.90. The first-order valence-corrected chi connectivity index (χ1v) is 6.33. The van der Waals surface area contributed by atoms with E-state index in [4.69, 9.17) is 13.6 Å². The molecule has 0 radical (unpaired) electrons. The average Bonchev–Trinajstić information content (AvgIpc) is 3.16. The van der Waals surface area contributed by atoms with E-state index in [1.54, 1.807) is 24.3 Å². The van der Waals surface area contributed by atoms with Gasteiger partial charge in [0.2, 0.25) is 0 Å². The van der Waals surface area contributed by atoms with Gasteiger partial charge >= 0.3 is 5.97 Å². The normalized spacial score (nSPS) is 10.5. The highest BCUT2D eigenvalue weighted by atomic mass is 16.5. The lowest BCUT2D eigenvalue weighted by atomic mass is 10.1. The zero-order valence-electron chi connectivity index (χ0n) is 11.3. The van der Waals surface area contributed by atoms with Gasteiger partial charge in [0.15, 0.2) is 12.4 Å². The third-order valence-corrected chi connectivity index (χ3v) is 2.89. The topological polar surface area (TPSA) is 78.4 Å². The molecule has 0 fully saturated rings. The van der Waals surface area contributed by atoms with E-state index in [-0.39, 0.29) is 18.4 Å². The second-order valence-corrected chi connectivity index (χ2v) is 4.37. The standard InChI is InChI=1S/C15H12N2O4/c1-10-5-2-3-6-11(10)15(18)20-9-13-16-17-14(21-13)12-7-4-8-19-12/h2-8H,9H2,1H3. The Bertz CT molecular complexity index is 747. The van der Waals surface area contributed by atoms with Crippen molar-refractivity contribution in [3.05, 3.63) is 59.7 Å². The molecule has 0 saturated carbocycles. The van der Waals surface area contributed by atoms with Gasteiger partial charge in [0.05, 0.1) is 11.8 Å². The van der Waals surface area contributed by atoms with Crippen molar-refractivity contribution in [1.82, 2.24) is 10.2 Å². The number of hydrogen-bond acceptors (Lipinski definition) is 6. The van der Waals surface area contributed by atoms with E-state index in [1.807, 2.05) is 19.1 Å². The van der Waals surface area contributed by atoms with Crippen LogP contribution in [0.1, 0.15) is 21.8 Å². The highest BCUT2D eigenvalue weighted by Gasteiger charge is 2.14. The summed E-state index contributed by atoms with van der Waals surface area (Å²) in [6.45, 7) is 1.76. The van der Waals surface area contributed by atoms with Crippen molar-refractivity contribution >= 4 is 5.97 Å². The van der Waals surface area contributed by atoms with Crippen molar-refractivity contribution in [2.75, 3.05) is 0 Å². The third-order valence-electron chi connectivity index (χ3n) is 2.89. The SMILES string of the molecule is Cc1ccccc1C(=O)OCc1nnc(-c2ccco2)o1. The van der Waals surface area contributed by atoms with Crippen LogP contribution in [0.2, 0.25) is 0 Å². The van der Waals surface area contributed by atoms with E-state index < -0.39 is 5.97 Å². The molecule has 0 bridgehead atoms. The van der Waals surface area contributed by atoms with E-state index in [0.29, 0.717) is 11.3 Å². The lowest BCUT2D eigenvalue weighted by Crippen LogP contribution is -2.07. The molecule has 3 rings (SSSR count). The summed E-state index contributed by atoms with van der Waals surface area (Å²) in [6.07, 6.45) is 1.51. The molecule has 0 atom stereocenters. The minimum atomic E-state index is -0.425. The Morgan fingerprint density at radius 2 is 2.05 bits per heavy atom. The predicted octanol–water partition coefficient (Wildman–Crippen LogP) is 3.00. The molecule has 1 aromatic carbocycles. The molecule has 0 N–H and O–H groups in total. The van der Waals surface area contributed by atoms with Gasteiger partial charge in [-0.05, 0) is 30.7 Å². The fraction of sp³-hybridized carbons (Fsp3) is 0.133. The summed E-state index contributed by atoms with van der Waals surface area (Å²) in [4.78, 5) is 11.9. The van der Waals surface area contributed by atoms with E-state index in [2.05, 4.69) is 10.2 Å². The van der Waals surface area contributed by atoms with E-state index >= 15 is 0 Å². The highest BCUT2D eigenvalue weighted by Crippen LogP contribution is 2.18. The fourth-order valence-corrected chi connectivity index (χ4v) is 1.82. The van der Waals surface area contributed by atoms with Gasteiger partial charge in [-0.1, -0.05) is 18.2 Å². The molecule has 0 aliphatic rings. The molecule has 0 amide bonds. The van der Waals surface area contributed by atoms with Gasteiger partial charge in [-0.3, -0.25) is 0 Å². The molecule has 0 saturated heterocycles. The summed E-state index contributed by atoms with van der Waals surface area (Å²) < 4.78 is 15.7. The number of esters is 1. The van der Waals surface area contributed by atoms with Gasteiger partial charge in [-0.25, -0.2) is 4.79 Å². The summed E-state index contributed by atoms with van der Waals surface area (Å²) in [5.74, 6) is 0.509. The maximum Gasteiger partial charge on any atom is 0.338 e. The second kappa shape index (κ2) is 5.62. The second-order valence-electron chi connectivity index (χ2n) is 4.37. The number of carbonyl (C=O) groups excluding carboxylic acids is 1. The molecule has 0 aliphatic carbocycles. The smallest absolute Gasteiger partial charge is 0.338 e. The summed E-state index contributed by atoms with van der Waals surface area (Å²) >= 11 is 0. The minimum Gasteiger partial charge on any atom is -0.459 e. The number of carbonyl (C=O) groups is 1. The molecule has 21 heavy (non-hydrogen) atoms. The van der Waals surface area contributed by atoms with Crippen LogP contribution in [0.3, 0.4) is 0 Å². The molecule has 2 aromatic heterocycles. The Morgan fingerprint density at radius 1 is 1.19 bits per heavy atom. The van der Waals surface area contributed by atoms with Gasteiger partial charge in [0.1, 0.15) is 0 Å². The number of nitrogens with zero attached hydrogens (tertiary/aromatic N) is 2. The Labute approximate surface area is 120 Å². The predicted molar refractivity (Wildman–Crippen MR) is 72.3 cm³/mol. The third kappa shape index (κ3) is 2.84. The quantitative estimate of drug-likeness (QED) is 0.685. The zero-order valence-corrected chi connectivity index (χ0v) is 11.3. The molecular formula is C15H12N2O4. The average molecular weight is 284 g/mol. The van der Waals surface area contributed by atoms with Crippen LogP contribution < -0.4 is 0 Å². The van der Waals surface area contributed by atoms with Gasteiger partial charge < -0.3 is 13.6 Å². The maximum absolute atomic E-state index is 11.9. The van der Waals surface area contributed by atoms with Crippen molar-refractivity contribution in [2.24, 2.45) is 0 Å². The van der Waals surface area contributed by atoms with Crippen molar-refractivity contribution in [3.63, 3.8) is 0 Å². The van der Waals surface area contributed by atoms with Crippen LogP contribution in [0, 0.1) is 6.92 Å². The van der Waals surface area contributed by atoms with E-state index in [9.17, 15) is 4.79 Å². The molecule has 0 aliphatic heterocycles. The van der Waals surface area contributed by atoms with E-state index in [0.717, 1.165) is 5.56 Å². The largest absolute Gasteiger partial charge is 0.459 e. The number of furan rings is 1. The first-order valence-electron chi connectivity index (χ1n) is 6.33. The van der Waals surface area contributed by atoms with Crippen molar-refractivity contribution in [1.29, 1.82) is 0 Å². The number of benzene rings is 1. The van der Waals surface area contributed by atoms with Gasteiger partial charge in [-0.2, -0.15) is 0 Å². The Hall–Kier alpha value is -2.89. The summed E-state index contributed by atoms with van der Waals surface area (Å²) in [7, 11) is 0. The first kappa shape index (κ1) is 13.1. The van der Waals surface area contributed by atoms with Gasteiger partial charge in [0, 0.05) is 0 Å². The van der Waals surface area contributed by atoms with Crippen LogP contribution in [0.15, 0.2) is 51.5 Å². The molecule has 2 heterocycles. The van der Waals surface area contributed by atoms with Crippen LogP contribution in [-0.2, 0) is 11.3 Å². The molecule has 0 unspecified atom stereocenters. The van der Waals surface area contributed by atoms with Crippen LogP contribution >= 0.6 is 0 Å². The number of aryl methyl sites for hydroxylation is 1. The summed E-state index contributed by atoms with van der Waals surface area (Å²) in [5, 5.41) is 7.63. The molecule has 3 aromatic rings. The fourth-order valence-electron chi connectivity index (χ4n) is 1.82. The number of ether oxygens (including phenoxy) is 1. The number of rotatable bonds is 4. The minimum absolute atomic E-state index is 0.0825. The lowest BCUT2D eigenvalue weighted by molar-refractivity contribution is 0.0437. The van der Waals surface area contributed by atoms with Gasteiger partial charge in [-0.15, -0.1) is 10.2 Å².